The Bertz CT molecular complexity index is 730. The van der Waals surface area contributed by atoms with Crippen LogP contribution in [0.25, 0.3) is 6.08 Å². The van der Waals surface area contributed by atoms with Gasteiger partial charge in [-0.3, -0.25) is 4.79 Å². The van der Waals surface area contributed by atoms with Gasteiger partial charge in [0.05, 0.1) is 7.11 Å². The third-order valence-corrected chi connectivity index (χ3v) is 3.43. The van der Waals surface area contributed by atoms with Crippen LogP contribution in [0.4, 0.5) is 8.78 Å². The van der Waals surface area contributed by atoms with Crippen LogP contribution in [0.15, 0.2) is 53.0 Å². The molecule has 0 aliphatic rings. The Labute approximate surface area is 140 Å². The van der Waals surface area contributed by atoms with Crippen LogP contribution < -0.4 is 9.47 Å². The predicted molar refractivity (Wildman–Crippen MR) is 87.1 cm³/mol. The lowest BCUT2D eigenvalue weighted by molar-refractivity contribution is -0.0512. The van der Waals surface area contributed by atoms with Gasteiger partial charge in [0.25, 0.3) is 0 Å². The van der Waals surface area contributed by atoms with Crippen LogP contribution >= 0.6 is 15.9 Å². The second-order valence-corrected chi connectivity index (χ2v) is 5.41. The first-order valence-corrected chi connectivity index (χ1v) is 7.39. The molecule has 0 amide bonds. The maximum atomic E-state index is 12.3. The lowest BCUT2D eigenvalue weighted by Gasteiger charge is -2.10. The van der Waals surface area contributed by atoms with E-state index in [0.717, 1.165) is 4.47 Å². The van der Waals surface area contributed by atoms with Crippen molar-refractivity contribution < 1.29 is 23.0 Å². The summed E-state index contributed by atoms with van der Waals surface area (Å²) in [6, 6.07) is 11.5. The smallest absolute Gasteiger partial charge is 0.387 e. The molecule has 0 radical (unpaired) electrons. The number of halogens is 3. The van der Waals surface area contributed by atoms with Crippen LogP contribution in [-0.2, 0) is 0 Å². The van der Waals surface area contributed by atoms with Gasteiger partial charge in [0.2, 0.25) is 0 Å². The molecule has 2 aromatic carbocycles. The summed E-state index contributed by atoms with van der Waals surface area (Å²) in [5, 5.41) is 0. The number of alkyl halides is 2. The van der Waals surface area contributed by atoms with Gasteiger partial charge >= 0.3 is 6.61 Å². The Kier molecular flexibility index (Phi) is 5.87. The van der Waals surface area contributed by atoms with Gasteiger partial charge in [0.1, 0.15) is 0 Å². The highest BCUT2D eigenvalue weighted by molar-refractivity contribution is 9.10. The number of benzene rings is 2. The number of ether oxygens (including phenoxy) is 2. The number of carbonyl (C=O) groups excluding carboxylic acids is 1. The minimum absolute atomic E-state index is 0.0574. The molecule has 0 spiro atoms. The van der Waals surface area contributed by atoms with E-state index in [1.807, 2.05) is 6.07 Å². The van der Waals surface area contributed by atoms with Gasteiger partial charge < -0.3 is 9.47 Å². The van der Waals surface area contributed by atoms with Crippen LogP contribution in [-0.4, -0.2) is 19.5 Å². The molecule has 0 aromatic heterocycles. The van der Waals surface area contributed by atoms with Crippen molar-refractivity contribution in [3.05, 3.63) is 64.1 Å². The van der Waals surface area contributed by atoms with E-state index in [2.05, 4.69) is 20.7 Å². The first kappa shape index (κ1) is 17.1. The van der Waals surface area contributed by atoms with Gasteiger partial charge in [-0.2, -0.15) is 8.78 Å². The maximum Gasteiger partial charge on any atom is 0.387 e. The molecule has 0 N–H and O–H groups in total. The highest BCUT2D eigenvalue weighted by atomic mass is 79.9. The average Bonchev–Trinajstić information content (AvgIpc) is 2.53. The molecule has 0 aliphatic carbocycles. The van der Waals surface area contributed by atoms with Crippen molar-refractivity contribution in [2.75, 3.05) is 7.11 Å². The molecule has 120 valence electrons. The van der Waals surface area contributed by atoms with Gasteiger partial charge in [0, 0.05) is 10.0 Å². The fourth-order valence-corrected chi connectivity index (χ4v) is 2.29. The van der Waals surface area contributed by atoms with Gasteiger partial charge in [-0.25, -0.2) is 0 Å². The molecule has 6 heteroatoms. The number of allylic oxidation sites excluding steroid dienone is 1. The molecule has 0 fully saturated rings. The lowest BCUT2D eigenvalue weighted by Crippen LogP contribution is -2.03. The minimum atomic E-state index is -2.93. The zero-order valence-electron chi connectivity index (χ0n) is 12.1. The SMILES string of the molecule is COc1cc(/C=C/C(=O)c2cccc(Br)c2)ccc1OC(F)F. The van der Waals surface area contributed by atoms with Crippen molar-refractivity contribution in [3.63, 3.8) is 0 Å². The number of hydrogen-bond acceptors (Lipinski definition) is 3. The number of ketones is 1. The van der Waals surface area contributed by atoms with E-state index in [-0.39, 0.29) is 17.3 Å². The molecule has 2 rings (SSSR count). The van der Waals surface area contributed by atoms with Crippen molar-refractivity contribution in [1.82, 2.24) is 0 Å². The Hall–Kier alpha value is -2.21. The third-order valence-electron chi connectivity index (χ3n) is 2.94. The summed E-state index contributed by atoms with van der Waals surface area (Å²) in [5.41, 5.74) is 1.17. The molecule has 2 aromatic rings. The van der Waals surface area contributed by atoms with Crippen molar-refractivity contribution in [2.24, 2.45) is 0 Å². The highest BCUT2D eigenvalue weighted by Gasteiger charge is 2.10. The summed E-state index contributed by atoms with van der Waals surface area (Å²) in [7, 11) is 1.35. The fourth-order valence-electron chi connectivity index (χ4n) is 1.89. The van der Waals surface area contributed by atoms with Crippen molar-refractivity contribution in [3.8, 4) is 11.5 Å². The standard InChI is InChI=1S/C17H13BrF2O3/c1-22-16-9-11(6-8-15(16)23-17(19)20)5-7-14(21)12-3-2-4-13(18)10-12/h2-10,17H,1H3/b7-5+. The number of methoxy groups -OCH3 is 1. The van der Waals surface area contributed by atoms with Gasteiger partial charge in [-0.05, 0) is 35.9 Å². The van der Waals surface area contributed by atoms with Crippen LogP contribution in [0.3, 0.4) is 0 Å². The summed E-state index contributed by atoms with van der Waals surface area (Å²) < 4.78 is 34.7. The molecule has 0 heterocycles. The second-order valence-electron chi connectivity index (χ2n) is 4.50. The van der Waals surface area contributed by atoms with Crippen molar-refractivity contribution in [1.29, 1.82) is 0 Å². The molecular weight excluding hydrogens is 370 g/mol. The van der Waals surface area contributed by atoms with Crippen LogP contribution in [0.2, 0.25) is 0 Å². The summed E-state index contributed by atoms with van der Waals surface area (Å²) in [5.74, 6) is -0.0569. The Balaban J connectivity index is 2.17. The summed E-state index contributed by atoms with van der Waals surface area (Å²) >= 11 is 3.30. The molecule has 0 unspecified atom stereocenters. The number of carbonyl (C=O) groups is 1. The van der Waals surface area contributed by atoms with Gasteiger partial charge in [-0.1, -0.05) is 40.2 Å². The lowest BCUT2D eigenvalue weighted by atomic mass is 10.1. The predicted octanol–water partition coefficient (Wildman–Crippen LogP) is 4.96. The van der Waals surface area contributed by atoms with Crippen molar-refractivity contribution >= 4 is 27.8 Å². The van der Waals surface area contributed by atoms with Gasteiger partial charge in [-0.15, -0.1) is 0 Å². The summed E-state index contributed by atoms with van der Waals surface area (Å²) in [6.07, 6.45) is 2.99. The number of hydrogen-bond donors (Lipinski definition) is 0. The second kappa shape index (κ2) is 7.87. The maximum absolute atomic E-state index is 12.3. The molecule has 23 heavy (non-hydrogen) atoms. The molecule has 0 bridgehead atoms. The quantitative estimate of drug-likeness (QED) is 0.523. The Morgan fingerprint density at radius 2 is 1.96 bits per heavy atom. The van der Waals surface area contributed by atoms with Crippen molar-refractivity contribution in [2.45, 2.75) is 6.61 Å². The van der Waals surface area contributed by atoms with E-state index >= 15 is 0 Å². The normalized spacial score (nSPS) is 11.0. The summed E-state index contributed by atoms with van der Waals surface area (Å²) in [4.78, 5) is 12.1. The zero-order valence-corrected chi connectivity index (χ0v) is 13.7. The fraction of sp³-hybridized carbons (Fsp3) is 0.118. The molecule has 0 aliphatic heterocycles. The third kappa shape index (κ3) is 4.89. The largest absolute Gasteiger partial charge is 0.493 e. The average molecular weight is 383 g/mol. The van der Waals surface area contributed by atoms with Crippen LogP contribution in [0.5, 0.6) is 11.5 Å². The van der Waals surface area contributed by atoms with E-state index in [1.54, 1.807) is 30.3 Å². The van der Waals surface area contributed by atoms with Crippen LogP contribution in [0.1, 0.15) is 15.9 Å². The van der Waals surface area contributed by atoms with E-state index in [9.17, 15) is 13.6 Å². The van der Waals surface area contributed by atoms with Crippen LogP contribution in [0, 0.1) is 0 Å². The minimum Gasteiger partial charge on any atom is -0.493 e. The first-order chi connectivity index (χ1) is 11.0. The van der Waals surface area contributed by atoms with E-state index < -0.39 is 6.61 Å². The highest BCUT2D eigenvalue weighted by Crippen LogP contribution is 2.29. The Morgan fingerprint density at radius 1 is 1.17 bits per heavy atom. The first-order valence-electron chi connectivity index (χ1n) is 6.60. The molecule has 0 atom stereocenters. The molecule has 0 saturated carbocycles. The number of rotatable bonds is 6. The Morgan fingerprint density at radius 3 is 2.61 bits per heavy atom. The summed E-state index contributed by atoms with van der Waals surface area (Å²) in [6.45, 7) is -2.93. The van der Waals surface area contributed by atoms with E-state index in [4.69, 9.17) is 4.74 Å². The van der Waals surface area contributed by atoms with E-state index in [0.29, 0.717) is 11.1 Å². The topological polar surface area (TPSA) is 35.5 Å². The van der Waals surface area contributed by atoms with Gasteiger partial charge in [0.15, 0.2) is 17.3 Å². The molecule has 0 saturated heterocycles. The molecule has 3 nitrogen and oxygen atoms in total. The van der Waals surface area contributed by atoms with E-state index in [1.165, 1.54) is 25.3 Å². The zero-order chi connectivity index (χ0) is 16.8. The molecular formula is C17H13BrF2O3. The monoisotopic (exact) mass is 382 g/mol.